The zero-order valence-electron chi connectivity index (χ0n) is 21.7. The number of aromatic nitrogens is 3. The van der Waals surface area contributed by atoms with Crippen LogP contribution in [0.2, 0.25) is 18.6 Å². The molecule has 1 aromatic heterocycles. The maximum absolute atomic E-state index is 9.20. The number of aliphatic hydroxyl groups is 1. The predicted molar refractivity (Wildman–Crippen MR) is 155 cm³/mol. The Kier molecular flexibility index (Phi) is 9.24. The second-order valence-electron chi connectivity index (χ2n) is 10.5. The number of halogens is 1. The number of benzene rings is 2. The van der Waals surface area contributed by atoms with E-state index in [0.29, 0.717) is 17.9 Å². The van der Waals surface area contributed by atoms with Crippen LogP contribution in [0.25, 0.3) is 0 Å². The molecule has 3 aromatic rings. The normalized spacial score (nSPS) is 22.2. The Bertz CT molecular complexity index is 1120. The largest absolute Gasteiger partial charge is 0.497 e. The second kappa shape index (κ2) is 12.2. The first-order chi connectivity index (χ1) is 17.3. The smallest absolute Gasteiger partial charge is 0.118 e. The quantitative estimate of drug-likeness (QED) is 0.246. The van der Waals surface area contributed by atoms with Gasteiger partial charge in [0.05, 0.1) is 33.1 Å². The van der Waals surface area contributed by atoms with Gasteiger partial charge in [0, 0.05) is 29.3 Å². The highest BCUT2D eigenvalue weighted by Gasteiger charge is 2.50. The monoisotopic (exact) mass is 619 g/mol. The average molecular weight is 620 g/mol. The summed E-state index contributed by atoms with van der Waals surface area (Å²) in [4.78, 5) is 0. The molecule has 4 atom stereocenters. The molecular formula is C28H38IN3O3Si. The highest BCUT2D eigenvalue weighted by atomic mass is 127. The molecule has 8 heteroatoms. The zero-order valence-corrected chi connectivity index (χ0v) is 24.9. The first kappa shape index (κ1) is 27.3. The van der Waals surface area contributed by atoms with Gasteiger partial charge in [-0.2, -0.15) is 0 Å². The molecule has 194 valence electrons. The van der Waals surface area contributed by atoms with Crippen LogP contribution in [0, 0.1) is 9.49 Å². The van der Waals surface area contributed by atoms with Gasteiger partial charge in [0.2, 0.25) is 0 Å². The van der Waals surface area contributed by atoms with Gasteiger partial charge in [-0.1, -0.05) is 54.7 Å². The van der Waals surface area contributed by atoms with Crippen molar-refractivity contribution in [3.05, 3.63) is 69.6 Å². The van der Waals surface area contributed by atoms with Crippen molar-refractivity contribution in [3.63, 3.8) is 0 Å². The molecule has 6 nitrogen and oxygen atoms in total. The van der Waals surface area contributed by atoms with Crippen LogP contribution < -0.4 is 9.92 Å². The van der Waals surface area contributed by atoms with Gasteiger partial charge in [-0.15, -0.1) is 5.10 Å². The molecule has 0 aliphatic carbocycles. The standard InChI is InChI=1S/C28H38IN3O3Si/c1-20-26(13-8-21-6-5-7-22(29)18-21)35-27(14-16-32-19-23(15-17-33)30-31-32)28(20)36(3,4)25-11-9-24(34-2)10-12-25/h5-7,9-12,18-20,26-28,33H,8,13-17H2,1-4H3/t20-,26+,27-,28+/m1/s1. The van der Waals surface area contributed by atoms with Crippen LogP contribution in [0.1, 0.15) is 31.0 Å². The molecule has 1 fully saturated rings. The van der Waals surface area contributed by atoms with Crippen molar-refractivity contribution >= 4 is 35.9 Å². The van der Waals surface area contributed by atoms with E-state index in [1.165, 1.54) is 14.3 Å². The Morgan fingerprint density at radius 3 is 2.56 bits per heavy atom. The maximum Gasteiger partial charge on any atom is 0.118 e. The summed E-state index contributed by atoms with van der Waals surface area (Å²) >= 11 is 2.39. The summed E-state index contributed by atoms with van der Waals surface area (Å²) in [7, 11) is -0.156. The number of aryl methyl sites for hydroxylation is 2. The highest BCUT2D eigenvalue weighted by Crippen LogP contribution is 2.46. The van der Waals surface area contributed by atoms with Crippen LogP contribution >= 0.6 is 22.6 Å². The van der Waals surface area contributed by atoms with E-state index in [-0.39, 0.29) is 18.8 Å². The molecular weight excluding hydrogens is 581 g/mol. The summed E-state index contributed by atoms with van der Waals surface area (Å²) in [6, 6.07) is 17.5. The second-order valence-corrected chi connectivity index (χ2v) is 16.4. The lowest BCUT2D eigenvalue weighted by molar-refractivity contribution is 0.0249. The van der Waals surface area contributed by atoms with Crippen molar-refractivity contribution in [1.82, 2.24) is 15.0 Å². The maximum atomic E-state index is 9.20. The van der Waals surface area contributed by atoms with E-state index in [1.54, 1.807) is 7.11 Å². The van der Waals surface area contributed by atoms with Crippen molar-refractivity contribution < 1.29 is 14.6 Å². The number of aliphatic hydroxyl groups excluding tert-OH is 1. The summed E-state index contributed by atoms with van der Waals surface area (Å²) in [5.41, 5.74) is 2.70. The van der Waals surface area contributed by atoms with E-state index in [1.807, 2.05) is 10.9 Å². The van der Waals surface area contributed by atoms with E-state index in [2.05, 4.69) is 101 Å². The van der Waals surface area contributed by atoms with Gasteiger partial charge in [0.1, 0.15) is 5.75 Å². The predicted octanol–water partition coefficient (Wildman–Crippen LogP) is 4.84. The third-order valence-corrected chi connectivity index (χ3v) is 12.8. The minimum Gasteiger partial charge on any atom is -0.497 e. The summed E-state index contributed by atoms with van der Waals surface area (Å²) in [6.45, 7) is 8.24. The topological polar surface area (TPSA) is 69.4 Å². The molecule has 0 bridgehead atoms. The molecule has 1 aliphatic heterocycles. The van der Waals surface area contributed by atoms with Gasteiger partial charge in [-0.3, -0.25) is 4.68 Å². The summed E-state index contributed by atoms with van der Waals surface area (Å²) in [6.07, 6.45) is 5.87. The van der Waals surface area contributed by atoms with Crippen molar-refractivity contribution in [2.24, 2.45) is 5.92 Å². The van der Waals surface area contributed by atoms with E-state index >= 15 is 0 Å². The highest BCUT2D eigenvalue weighted by molar-refractivity contribution is 14.1. The molecule has 1 N–H and O–H groups in total. The number of hydrogen-bond acceptors (Lipinski definition) is 5. The lowest BCUT2D eigenvalue weighted by Gasteiger charge is -2.36. The molecule has 36 heavy (non-hydrogen) atoms. The van der Waals surface area contributed by atoms with Gasteiger partial charge in [-0.05, 0) is 83.1 Å². The Hall–Kier alpha value is -1.75. The molecule has 2 heterocycles. The number of hydrogen-bond donors (Lipinski definition) is 1. The molecule has 0 unspecified atom stereocenters. The first-order valence-electron chi connectivity index (χ1n) is 12.9. The van der Waals surface area contributed by atoms with Gasteiger partial charge in [0.25, 0.3) is 0 Å². The third-order valence-electron chi connectivity index (χ3n) is 7.77. The Balaban J connectivity index is 1.53. The Morgan fingerprint density at radius 2 is 1.86 bits per heavy atom. The SMILES string of the molecule is COc1ccc([Si](C)(C)[C@H]2[C@H](C)[C@H](CCc3cccc(I)c3)O[C@@H]2CCn2cc(CCO)nn2)cc1. The van der Waals surface area contributed by atoms with Crippen LogP contribution in [0.3, 0.4) is 0 Å². The van der Waals surface area contributed by atoms with E-state index < -0.39 is 8.07 Å². The third kappa shape index (κ3) is 6.38. The van der Waals surface area contributed by atoms with E-state index in [9.17, 15) is 5.11 Å². The van der Waals surface area contributed by atoms with Crippen LogP contribution in [-0.4, -0.2) is 54.1 Å². The van der Waals surface area contributed by atoms with Crippen molar-refractivity contribution in [2.75, 3.05) is 13.7 Å². The van der Waals surface area contributed by atoms with Gasteiger partial charge in [0.15, 0.2) is 0 Å². The van der Waals surface area contributed by atoms with Crippen LogP contribution in [0.15, 0.2) is 54.7 Å². The molecule has 2 aromatic carbocycles. The molecule has 4 rings (SSSR count). The fraction of sp³-hybridized carbons (Fsp3) is 0.500. The van der Waals surface area contributed by atoms with Gasteiger partial charge in [-0.25, -0.2) is 0 Å². The lowest BCUT2D eigenvalue weighted by atomic mass is 9.95. The van der Waals surface area contributed by atoms with Crippen LogP contribution in [-0.2, 0) is 24.1 Å². The minimum absolute atomic E-state index is 0.0911. The van der Waals surface area contributed by atoms with Crippen LogP contribution in [0.5, 0.6) is 5.75 Å². The molecule has 0 spiro atoms. The fourth-order valence-electron chi connectivity index (χ4n) is 5.85. The number of methoxy groups -OCH3 is 1. The molecule has 0 amide bonds. The molecule has 0 saturated carbocycles. The number of rotatable bonds is 11. The molecule has 1 saturated heterocycles. The minimum atomic E-state index is -1.87. The van der Waals surface area contributed by atoms with Crippen LogP contribution in [0.4, 0.5) is 0 Å². The van der Waals surface area contributed by atoms with E-state index in [4.69, 9.17) is 9.47 Å². The van der Waals surface area contributed by atoms with Crippen molar-refractivity contribution in [1.29, 1.82) is 0 Å². The summed E-state index contributed by atoms with van der Waals surface area (Å²) < 4.78 is 15.5. The van der Waals surface area contributed by atoms with Crippen molar-refractivity contribution in [3.8, 4) is 5.75 Å². The number of nitrogens with zero attached hydrogens (tertiary/aromatic N) is 3. The summed E-state index contributed by atoms with van der Waals surface area (Å²) in [5.74, 6) is 1.37. The molecule has 1 aliphatic rings. The zero-order chi connectivity index (χ0) is 25.7. The Morgan fingerprint density at radius 1 is 1.08 bits per heavy atom. The fourth-order valence-corrected chi connectivity index (χ4v) is 10.6. The van der Waals surface area contributed by atoms with E-state index in [0.717, 1.165) is 37.3 Å². The molecule has 0 radical (unpaired) electrons. The van der Waals surface area contributed by atoms with Crippen molar-refractivity contribution in [2.45, 2.75) is 70.0 Å². The number of ether oxygens (including phenoxy) is 2. The lowest BCUT2D eigenvalue weighted by Crippen LogP contribution is -2.50. The first-order valence-corrected chi connectivity index (χ1v) is 17.0. The van der Waals surface area contributed by atoms with Gasteiger partial charge < -0.3 is 14.6 Å². The summed E-state index contributed by atoms with van der Waals surface area (Å²) in [5, 5.41) is 19.1. The van der Waals surface area contributed by atoms with Gasteiger partial charge >= 0.3 is 0 Å². The Labute approximate surface area is 229 Å². The average Bonchev–Trinajstić information content (AvgIpc) is 3.45.